The molecule has 120 valence electrons. The lowest BCUT2D eigenvalue weighted by atomic mass is 10.1. The summed E-state index contributed by atoms with van der Waals surface area (Å²) in [6.45, 7) is 4.15. The van der Waals surface area contributed by atoms with E-state index in [1.807, 2.05) is 13.8 Å². The molecular weight excluding hydrogens is 307 g/mol. The van der Waals surface area contributed by atoms with E-state index in [1.165, 1.54) is 12.1 Å². The van der Waals surface area contributed by atoms with Crippen LogP contribution >= 0.6 is 11.6 Å². The molecule has 0 aliphatic carbocycles. The molecular formula is C16H20ClFN2O2. The van der Waals surface area contributed by atoms with Crippen LogP contribution in [0.15, 0.2) is 18.2 Å². The van der Waals surface area contributed by atoms with Crippen LogP contribution in [0.4, 0.5) is 4.39 Å². The van der Waals surface area contributed by atoms with Crippen LogP contribution in [0.25, 0.3) is 0 Å². The Hall–Kier alpha value is -1.62. The molecule has 1 aliphatic rings. The first-order valence-electron chi connectivity index (χ1n) is 7.46. The second kappa shape index (κ2) is 7.09. The third-order valence-electron chi connectivity index (χ3n) is 4.09. The van der Waals surface area contributed by atoms with Crippen LogP contribution in [0.5, 0.6) is 0 Å². The van der Waals surface area contributed by atoms with Crippen molar-refractivity contribution >= 4 is 23.4 Å². The maximum Gasteiger partial charge on any atom is 0.243 e. The van der Waals surface area contributed by atoms with Crippen molar-refractivity contribution in [3.8, 4) is 0 Å². The third kappa shape index (κ3) is 3.58. The number of nitrogens with zero attached hydrogens (tertiary/aromatic N) is 1. The fourth-order valence-corrected chi connectivity index (χ4v) is 2.91. The molecule has 2 atom stereocenters. The molecule has 0 bridgehead atoms. The van der Waals surface area contributed by atoms with Gasteiger partial charge in [0.25, 0.3) is 0 Å². The molecule has 22 heavy (non-hydrogen) atoms. The molecule has 1 fully saturated rings. The number of halogens is 2. The van der Waals surface area contributed by atoms with Gasteiger partial charge in [-0.1, -0.05) is 24.6 Å². The highest BCUT2D eigenvalue weighted by atomic mass is 35.5. The van der Waals surface area contributed by atoms with Gasteiger partial charge in [-0.3, -0.25) is 9.59 Å². The Balaban J connectivity index is 2.01. The predicted octanol–water partition coefficient (Wildman–Crippen LogP) is 2.88. The number of benzene rings is 1. The highest BCUT2D eigenvalue weighted by Gasteiger charge is 2.38. The summed E-state index contributed by atoms with van der Waals surface area (Å²) in [6, 6.07) is 3.68. The Kier molecular flexibility index (Phi) is 5.40. The van der Waals surface area contributed by atoms with E-state index in [-0.39, 0.29) is 29.4 Å². The van der Waals surface area contributed by atoms with Crippen molar-refractivity contribution in [3.63, 3.8) is 0 Å². The molecule has 1 saturated heterocycles. The minimum atomic E-state index is -0.429. The van der Waals surface area contributed by atoms with Gasteiger partial charge in [0.2, 0.25) is 11.8 Å². The zero-order valence-electron chi connectivity index (χ0n) is 12.7. The van der Waals surface area contributed by atoms with Crippen LogP contribution < -0.4 is 5.32 Å². The second-order valence-corrected chi connectivity index (χ2v) is 5.97. The number of rotatable bonds is 5. The lowest BCUT2D eigenvalue weighted by Gasteiger charge is -2.29. The molecule has 4 nitrogen and oxygen atoms in total. The van der Waals surface area contributed by atoms with Crippen molar-refractivity contribution < 1.29 is 14.0 Å². The molecule has 0 radical (unpaired) electrons. The van der Waals surface area contributed by atoms with E-state index in [4.69, 9.17) is 11.6 Å². The maximum absolute atomic E-state index is 13.0. The van der Waals surface area contributed by atoms with Crippen molar-refractivity contribution in [1.29, 1.82) is 0 Å². The molecule has 0 saturated carbocycles. The fourth-order valence-electron chi connectivity index (χ4n) is 2.67. The Bertz CT molecular complexity index is 579. The minimum Gasteiger partial charge on any atom is -0.350 e. The number of hydrogen-bond acceptors (Lipinski definition) is 2. The lowest BCUT2D eigenvalue weighted by Crippen LogP contribution is -2.48. The highest BCUT2D eigenvalue weighted by molar-refractivity contribution is 6.31. The van der Waals surface area contributed by atoms with Crippen molar-refractivity contribution in [2.75, 3.05) is 0 Å². The zero-order valence-corrected chi connectivity index (χ0v) is 13.5. The van der Waals surface area contributed by atoms with E-state index in [0.717, 1.165) is 6.42 Å². The van der Waals surface area contributed by atoms with Crippen molar-refractivity contribution in [2.45, 2.75) is 51.7 Å². The van der Waals surface area contributed by atoms with Crippen molar-refractivity contribution in [2.24, 2.45) is 0 Å². The van der Waals surface area contributed by atoms with Crippen LogP contribution in [0.1, 0.15) is 38.7 Å². The Morgan fingerprint density at radius 2 is 2.27 bits per heavy atom. The van der Waals surface area contributed by atoms with Crippen LogP contribution in [0.2, 0.25) is 5.02 Å². The third-order valence-corrected chi connectivity index (χ3v) is 4.44. The number of amides is 2. The average molecular weight is 327 g/mol. The molecule has 1 heterocycles. The Morgan fingerprint density at radius 3 is 2.91 bits per heavy atom. The highest BCUT2D eigenvalue weighted by Crippen LogP contribution is 2.23. The van der Waals surface area contributed by atoms with Gasteiger partial charge in [-0.15, -0.1) is 0 Å². The minimum absolute atomic E-state index is 0.0225. The first-order chi connectivity index (χ1) is 10.4. The normalized spacial score (nSPS) is 19.4. The first kappa shape index (κ1) is 16.7. The smallest absolute Gasteiger partial charge is 0.243 e. The fraction of sp³-hybridized carbons (Fsp3) is 0.500. The number of hydrogen-bond donors (Lipinski definition) is 1. The molecule has 0 aromatic heterocycles. The van der Waals surface area contributed by atoms with Gasteiger partial charge in [-0.2, -0.15) is 0 Å². The van der Waals surface area contributed by atoms with Gasteiger partial charge < -0.3 is 10.2 Å². The predicted molar refractivity (Wildman–Crippen MR) is 82.9 cm³/mol. The summed E-state index contributed by atoms with van der Waals surface area (Å²) in [5, 5.41) is 3.07. The van der Waals surface area contributed by atoms with Gasteiger partial charge in [0.15, 0.2) is 0 Å². The van der Waals surface area contributed by atoms with E-state index >= 15 is 0 Å². The van der Waals surface area contributed by atoms with Gasteiger partial charge in [0.05, 0.1) is 0 Å². The van der Waals surface area contributed by atoms with E-state index in [1.54, 1.807) is 11.0 Å². The number of carbonyl (C=O) groups excluding carboxylic acids is 2. The van der Waals surface area contributed by atoms with Crippen LogP contribution in [-0.2, 0) is 16.1 Å². The maximum atomic E-state index is 13.0. The molecule has 2 rings (SSSR count). The summed E-state index contributed by atoms with van der Waals surface area (Å²) in [6.07, 6.45) is 1.74. The van der Waals surface area contributed by atoms with E-state index in [0.29, 0.717) is 18.4 Å². The standard InChI is InChI=1S/C16H20ClFN2O2/c1-3-10(2)20-14(6-7-15(20)21)16(22)19-9-11-4-5-12(18)8-13(11)17/h4-5,8,10,14H,3,6-7,9H2,1-2H3,(H,19,22)/t10?,14-/m0/s1. The van der Waals surface area contributed by atoms with Gasteiger partial charge >= 0.3 is 0 Å². The number of likely N-dealkylation sites (tertiary alicyclic amines) is 1. The van der Waals surface area contributed by atoms with E-state index < -0.39 is 11.9 Å². The van der Waals surface area contributed by atoms with Gasteiger partial charge in [0.1, 0.15) is 11.9 Å². The molecule has 1 aromatic carbocycles. The molecule has 1 aliphatic heterocycles. The molecule has 0 spiro atoms. The average Bonchev–Trinajstić information content (AvgIpc) is 2.87. The summed E-state index contributed by atoms with van der Waals surface area (Å²) in [5.41, 5.74) is 0.649. The molecule has 1 N–H and O–H groups in total. The molecule has 1 aromatic rings. The monoisotopic (exact) mass is 326 g/mol. The number of carbonyl (C=O) groups is 2. The summed E-state index contributed by atoms with van der Waals surface area (Å²) in [7, 11) is 0. The summed E-state index contributed by atoms with van der Waals surface area (Å²) in [4.78, 5) is 26.0. The Labute approximate surface area is 134 Å². The molecule has 1 unspecified atom stereocenters. The Morgan fingerprint density at radius 1 is 1.55 bits per heavy atom. The van der Waals surface area contributed by atoms with Crippen LogP contribution in [0.3, 0.4) is 0 Å². The largest absolute Gasteiger partial charge is 0.350 e. The summed E-state index contributed by atoms with van der Waals surface area (Å²) >= 11 is 5.94. The van der Waals surface area contributed by atoms with Crippen molar-refractivity contribution in [3.05, 3.63) is 34.6 Å². The van der Waals surface area contributed by atoms with Crippen molar-refractivity contribution in [1.82, 2.24) is 10.2 Å². The van der Waals surface area contributed by atoms with Gasteiger partial charge in [-0.25, -0.2) is 4.39 Å². The SMILES string of the molecule is CCC(C)N1C(=O)CC[C@H]1C(=O)NCc1ccc(F)cc1Cl. The molecule has 6 heteroatoms. The van der Waals surface area contributed by atoms with Crippen LogP contribution in [-0.4, -0.2) is 28.8 Å². The number of nitrogens with one attached hydrogen (secondary N) is 1. The molecule has 2 amide bonds. The van der Waals surface area contributed by atoms with E-state index in [2.05, 4.69) is 5.32 Å². The summed E-state index contributed by atoms with van der Waals surface area (Å²) in [5.74, 6) is -0.578. The van der Waals surface area contributed by atoms with E-state index in [9.17, 15) is 14.0 Å². The summed E-state index contributed by atoms with van der Waals surface area (Å²) < 4.78 is 13.0. The topological polar surface area (TPSA) is 49.4 Å². The lowest BCUT2D eigenvalue weighted by molar-refractivity contribution is -0.137. The second-order valence-electron chi connectivity index (χ2n) is 5.57. The first-order valence-corrected chi connectivity index (χ1v) is 7.84. The quantitative estimate of drug-likeness (QED) is 0.904. The van der Waals surface area contributed by atoms with Crippen LogP contribution in [0, 0.1) is 5.82 Å². The van der Waals surface area contributed by atoms with Gasteiger partial charge in [0, 0.05) is 24.0 Å². The zero-order chi connectivity index (χ0) is 16.3. The van der Waals surface area contributed by atoms with Gasteiger partial charge in [-0.05, 0) is 37.5 Å².